The van der Waals surface area contributed by atoms with Gasteiger partial charge in [-0.15, -0.1) is 4.83 Å². The molecule has 0 amide bonds. The lowest BCUT2D eigenvalue weighted by molar-refractivity contribution is 0.266. The van der Waals surface area contributed by atoms with E-state index in [0.717, 1.165) is 12.0 Å². The molecule has 2 aromatic carbocycles. The molecule has 3 rings (SSSR count). The zero-order valence-corrected chi connectivity index (χ0v) is 13.9. The van der Waals surface area contributed by atoms with Crippen molar-refractivity contribution in [1.29, 1.82) is 0 Å². The SMILES string of the molecule is Cc1ccc(S(=O)(=O)NN2CC=C(c3ccccc3)CC2)cc1. The number of sulfonamides is 1. The minimum absolute atomic E-state index is 0.293. The highest BCUT2D eigenvalue weighted by atomic mass is 32.2. The van der Waals surface area contributed by atoms with Crippen molar-refractivity contribution in [3.05, 3.63) is 71.8 Å². The molecule has 0 bridgehead atoms. The Labute approximate surface area is 137 Å². The Morgan fingerprint density at radius 3 is 2.30 bits per heavy atom. The molecule has 0 atom stereocenters. The first-order valence-electron chi connectivity index (χ1n) is 7.63. The Hall–Kier alpha value is -1.95. The average molecular weight is 328 g/mol. The lowest BCUT2D eigenvalue weighted by Crippen LogP contribution is -2.44. The minimum atomic E-state index is -3.51. The summed E-state index contributed by atoms with van der Waals surface area (Å²) in [6, 6.07) is 17.1. The van der Waals surface area contributed by atoms with E-state index in [9.17, 15) is 8.42 Å². The summed E-state index contributed by atoms with van der Waals surface area (Å²) in [5, 5.41) is 1.74. The van der Waals surface area contributed by atoms with Crippen LogP contribution < -0.4 is 4.83 Å². The standard InChI is InChI=1S/C18H20N2O2S/c1-15-7-9-18(10-8-15)23(21,22)19-20-13-11-17(12-14-20)16-5-3-2-4-6-16/h2-11,19H,12-14H2,1H3. The van der Waals surface area contributed by atoms with Gasteiger partial charge in [0.1, 0.15) is 0 Å². The summed E-state index contributed by atoms with van der Waals surface area (Å²) in [4.78, 5) is 2.96. The summed E-state index contributed by atoms with van der Waals surface area (Å²) in [6.07, 6.45) is 2.90. The molecule has 2 aromatic rings. The number of nitrogens with one attached hydrogen (secondary N) is 1. The molecule has 0 aromatic heterocycles. The van der Waals surface area contributed by atoms with Gasteiger partial charge in [-0.1, -0.05) is 54.1 Å². The lowest BCUT2D eigenvalue weighted by atomic mass is 10.0. The van der Waals surface area contributed by atoms with E-state index in [1.165, 1.54) is 11.1 Å². The van der Waals surface area contributed by atoms with Gasteiger partial charge in [-0.25, -0.2) is 13.4 Å². The summed E-state index contributed by atoms with van der Waals surface area (Å²) in [5.41, 5.74) is 3.50. The summed E-state index contributed by atoms with van der Waals surface area (Å²) in [5.74, 6) is 0. The second kappa shape index (κ2) is 6.66. The first-order chi connectivity index (χ1) is 11.0. The zero-order valence-electron chi connectivity index (χ0n) is 13.1. The van der Waals surface area contributed by atoms with E-state index in [1.54, 1.807) is 29.3 Å². The van der Waals surface area contributed by atoms with Crippen molar-refractivity contribution < 1.29 is 8.42 Å². The van der Waals surface area contributed by atoms with Crippen molar-refractivity contribution in [2.45, 2.75) is 18.2 Å². The van der Waals surface area contributed by atoms with Crippen molar-refractivity contribution in [2.24, 2.45) is 0 Å². The Morgan fingerprint density at radius 1 is 1.00 bits per heavy atom. The molecule has 0 saturated heterocycles. The van der Waals surface area contributed by atoms with Gasteiger partial charge < -0.3 is 0 Å². The smallest absolute Gasteiger partial charge is 0.226 e. The molecule has 0 radical (unpaired) electrons. The normalized spacial score (nSPS) is 16.1. The Balaban J connectivity index is 1.68. The van der Waals surface area contributed by atoms with E-state index >= 15 is 0 Å². The van der Waals surface area contributed by atoms with Crippen molar-refractivity contribution in [3.8, 4) is 0 Å². The second-order valence-corrected chi connectivity index (χ2v) is 7.36. The van der Waals surface area contributed by atoms with Crippen molar-refractivity contribution in [2.75, 3.05) is 13.1 Å². The van der Waals surface area contributed by atoms with E-state index < -0.39 is 10.0 Å². The molecule has 1 aliphatic rings. The van der Waals surface area contributed by atoms with E-state index in [2.05, 4.69) is 23.0 Å². The van der Waals surface area contributed by atoms with Crippen molar-refractivity contribution >= 4 is 15.6 Å². The summed E-state index contributed by atoms with van der Waals surface area (Å²) in [6.45, 7) is 3.16. The van der Waals surface area contributed by atoms with Crippen LogP contribution in [0.15, 0.2) is 65.6 Å². The number of hydrogen-bond acceptors (Lipinski definition) is 3. The molecule has 23 heavy (non-hydrogen) atoms. The van der Waals surface area contributed by atoms with Crippen LogP contribution in [-0.2, 0) is 10.0 Å². The number of benzene rings is 2. The quantitative estimate of drug-likeness (QED) is 0.939. The minimum Gasteiger partial charge on any atom is -0.226 e. The van der Waals surface area contributed by atoms with Crippen LogP contribution >= 0.6 is 0 Å². The van der Waals surface area contributed by atoms with Gasteiger partial charge in [0.15, 0.2) is 0 Å². The Kier molecular flexibility index (Phi) is 4.61. The van der Waals surface area contributed by atoms with Gasteiger partial charge in [0.2, 0.25) is 0 Å². The van der Waals surface area contributed by atoms with Gasteiger partial charge in [-0.3, -0.25) is 0 Å². The maximum Gasteiger partial charge on any atom is 0.253 e. The number of hydrazine groups is 1. The molecule has 5 heteroatoms. The number of aryl methyl sites for hydroxylation is 1. The van der Waals surface area contributed by atoms with Crippen LogP contribution in [0.5, 0.6) is 0 Å². The van der Waals surface area contributed by atoms with Crippen LogP contribution in [-0.4, -0.2) is 26.5 Å². The van der Waals surface area contributed by atoms with Crippen LogP contribution in [0.4, 0.5) is 0 Å². The topological polar surface area (TPSA) is 49.4 Å². The van der Waals surface area contributed by atoms with Crippen LogP contribution in [0.25, 0.3) is 5.57 Å². The highest BCUT2D eigenvalue weighted by Crippen LogP contribution is 2.21. The van der Waals surface area contributed by atoms with Gasteiger partial charge in [0.05, 0.1) is 4.90 Å². The first-order valence-corrected chi connectivity index (χ1v) is 9.11. The molecular weight excluding hydrogens is 308 g/mol. The molecule has 1 N–H and O–H groups in total. The van der Waals surface area contributed by atoms with E-state index in [-0.39, 0.29) is 0 Å². The maximum atomic E-state index is 12.4. The average Bonchev–Trinajstić information content (AvgIpc) is 2.56. The molecule has 4 nitrogen and oxygen atoms in total. The Bertz CT molecular complexity index is 797. The molecule has 120 valence electrons. The third-order valence-corrected chi connectivity index (χ3v) is 5.33. The largest absolute Gasteiger partial charge is 0.253 e. The third-order valence-electron chi connectivity index (χ3n) is 3.93. The van der Waals surface area contributed by atoms with Crippen molar-refractivity contribution in [1.82, 2.24) is 9.84 Å². The van der Waals surface area contributed by atoms with Gasteiger partial charge in [-0.2, -0.15) is 0 Å². The molecule has 1 aliphatic heterocycles. The van der Waals surface area contributed by atoms with Crippen LogP contribution in [0.2, 0.25) is 0 Å². The lowest BCUT2D eigenvalue weighted by Gasteiger charge is -2.26. The number of rotatable bonds is 4. The molecule has 0 unspecified atom stereocenters. The molecule has 0 saturated carbocycles. The van der Waals surface area contributed by atoms with Gasteiger partial charge in [-0.05, 0) is 36.6 Å². The highest BCUT2D eigenvalue weighted by molar-refractivity contribution is 7.89. The first kappa shape index (κ1) is 15.9. The monoisotopic (exact) mass is 328 g/mol. The van der Waals surface area contributed by atoms with Crippen molar-refractivity contribution in [3.63, 3.8) is 0 Å². The van der Waals surface area contributed by atoms with Gasteiger partial charge in [0, 0.05) is 13.1 Å². The van der Waals surface area contributed by atoms with E-state index in [0.29, 0.717) is 18.0 Å². The zero-order chi connectivity index (χ0) is 16.3. The van der Waals surface area contributed by atoms with Gasteiger partial charge in [0.25, 0.3) is 10.0 Å². The molecular formula is C18H20N2O2S. The third kappa shape index (κ3) is 3.88. The second-order valence-electron chi connectivity index (χ2n) is 5.70. The fourth-order valence-electron chi connectivity index (χ4n) is 2.61. The van der Waals surface area contributed by atoms with E-state index in [4.69, 9.17) is 0 Å². The van der Waals surface area contributed by atoms with Crippen LogP contribution in [0, 0.1) is 6.92 Å². The Morgan fingerprint density at radius 2 is 1.70 bits per heavy atom. The molecule has 1 heterocycles. The number of nitrogens with zero attached hydrogens (tertiary/aromatic N) is 1. The van der Waals surface area contributed by atoms with Crippen LogP contribution in [0.1, 0.15) is 17.5 Å². The van der Waals surface area contributed by atoms with Crippen LogP contribution in [0.3, 0.4) is 0 Å². The summed E-state index contributed by atoms with van der Waals surface area (Å²) >= 11 is 0. The molecule has 0 spiro atoms. The fourth-order valence-corrected chi connectivity index (χ4v) is 3.71. The van der Waals surface area contributed by atoms with E-state index in [1.807, 2.05) is 25.1 Å². The highest BCUT2D eigenvalue weighted by Gasteiger charge is 2.20. The fraction of sp³-hybridized carbons (Fsp3) is 0.222. The maximum absolute atomic E-state index is 12.4. The molecule has 0 fully saturated rings. The predicted octanol–water partition coefficient (Wildman–Crippen LogP) is 2.98. The summed E-state index contributed by atoms with van der Waals surface area (Å²) in [7, 11) is -3.51. The number of hydrogen-bond donors (Lipinski definition) is 1. The predicted molar refractivity (Wildman–Crippen MR) is 92.1 cm³/mol. The molecule has 0 aliphatic carbocycles. The summed E-state index contributed by atoms with van der Waals surface area (Å²) < 4.78 is 24.8. The van der Waals surface area contributed by atoms with Gasteiger partial charge >= 0.3 is 0 Å².